The van der Waals surface area contributed by atoms with Gasteiger partial charge in [0, 0.05) is 12.6 Å². The van der Waals surface area contributed by atoms with Crippen molar-refractivity contribution in [2.24, 2.45) is 5.73 Å². The summed E-state index contributed by atoms with van der Waals surface area (Å²) < 4.78 is 10.8. The molecule has 0 fully saturated rings. The lowest BCUT2D eigenvalue weighted by Crippen LogP contribution is -1.95. The van der Waals surface area contributed by atoms with Gasteiger partial charge in [-0.1, -0.05) is 23.7 Å². The van der Waals surface area contributed by atoms with Crippen LogP contribution >= 0.6 is 11.6 Å². The Kier molecular flexibility index (Phi) is 4.07. The van der Waals surface area contributed by atoms with E-state index in [0.717, 1.165) is 5.56 Å². The van der Waals surface area contributed by atoms with Crippen molar-refractivity contribution in [3.8, 4) is 17.2 Å². The highest BCUT2D eigenvalue weighted by atomic mass is 35.5. The van der Waals surface area contributed by atoms with Crippen molar-refractivity contribution in [3.63, 3.8) is 0 Å². The maximum absolute atomic E-state index is 6.06. The van der Waals surface area contributed by atoms with Gasteiger partial charge >= 0.3 is 0 Å². The fourth-order valence-corrected chi connectivity index (χ4v) is 1.67. The lowest BCUT2D eigenvalue weighted by molar-refractivity contribution is 0.409. The molecule has 0 saturated carbocycles. The molecule has 0 spiro atoms. The molecule has 0 amide bonds. The van der Waals surface area contributed by atoms with Gasteiger partial charge < -0.3 is 15.2 Å². The monoisotopic (exact) mass is 263 g/mol. The Bertz CT molecular complexity index is 526. The van der Waals surface area contributed by atoms with E-state index in [-0.39, 0.29) is 0 Å². The number of halogens is 1. The molecule has 4 heteroatoms. The van der Waals surface area contributed by atoms with Gasteiger partial charge in [0.1, 0.15) is 17.2 Å². The number of nitrogens with two attached hydrogens (primary N) is 1. The Morgan fingerprint density at radius 1 is 1.06 bits per heavy atom. The van der Waals surface area contributed by atoms with Gasteiger partial charge in [0.05, 0.1) is 12.1 Å². The summed E-state index contributed by atoms with van der Waals surface area (Å²) in [6.45, 7) is 0.514. The van der Waals surface area contributed by atoms with Crippen LogP contribution in [0.15, 0.2) is 42.5 Å². The first-order valence-electron chi connectivity index (χ1n) is 5.53. The van der Waals surface area contributed by atoms with Crippen LogP contribution in [-0.4, -0.2) is 7.11 Å². The topological polar surface area (TPSA) is 44.5 Å². The first-order chi connectivity index (χ1) is 8.72. The number of hydrogen-bond donors (Lipinski definition) is 1. The van der Waals surface area contributed by atoms with Crippen LogP contribution in [0.1, 0.15) is 5.56 Å². The number of ether oxygens (including phenoxy) is 2. The molecule has 0 unspecified atom stereocenters. The van der Waals surface area contributed by atoms with E-state index < -0.39 is 0 Å². The average Bonchev–Trinajstić information content (AvgIpc) is 2.42. The normalized spacial score (nSPS) is 10.2. The zero-order valence-electron chi connectivity index (χ0n) is 10.0. The predicted octanol–water partition coefficient (Wildman–Crippen LogP) is 3.60. The van der Waals surface area contributed by atoms with Crippen molar-refractivity contribution in [2.75, 3.05) is 7.11 Å². The standard InChI is InChI=1S/C14H14ClNO2/c1-17-12-6-7-13(15)14(8-12)18-11-4-2-10(9-16)3-5-11/h2-8H,9,16H2,1H3. The van der Waals surface area contributed by atoms with Crippen molar-refractivity contribution in [3.05, 3.63) is 53.1 Å². The SMILES string of the molecule is COc1ccc(Cl)c(Oc2ccc(CN)cc2)c1. The zero-order valence-corrected chi connectivity index (χ0v) is 10.8. The minimum atomic E-state index is 0.514. The fraction of sp³-hybridized carbons (Fsp3) is 0.143. The maximum atomic E-state index is 6.06. The number of rotatable bonds is 4. The van der Waals surface area contributed by atoms with Gasteiger partial charge in [-0.15, -0.1) is 0 Å². The molecule has 94 valence electrons. The van der Waals surface area contributed by atoms with Crippen LogP contribution in [0.25, 0.3) is 0 Å². The Balaban J connectivity index is 2.21. The third-order valence-electron chi connectivity index (χ3n) is 2.53. The van der Waals surface area contributed by atoms with E-state index in [9.17, 15) is 0 Å². The number of methoxy groups -OCH3 is 1. The quantitative estimate of drug-likeness (QED) is 0.917. The molecule has 18 heavy (non-hydrogen) atoms. The summed E-state index contributed by atoms with van der Waals surface area (Å²) in [4.78, 5) is 0. The van der Waals surface area contributed by atoms with Gasteiger partial charge in [0.2, 0.25) is 0 Å². The molecule has 0 aliphatic carbocycles. The molecule has 3 nitrogen and oxygen atoms in total. The van der Waals surface area contributed by atoms with E-state index in [1.807, 2.05) is 24.3 Å². The number of benzene rings is 2. The van der Waals surface area contributed by atoms with Crippen LogP contribution in [-0.2, 0) is 6.54 Å². The minimum Gasteiger partial charge on any atom is -0.497 e. The molecule has 2 aromatic carbocycles. The lowest BCUT2D eigenvalue weighted by Gasteiger charge is -2.09. The molecular weight excluding hydrogens is 250 g/mol. The molecule has 2 aromatic rings. The summed E-state index contributed by atoms with van der Waals surface area (Å²) in [7, 11) is 1.60. The van der Waals surface area contributed by atoms with Crippen molar-refractivity contribution in [1.82, 2.24) is 0 Å². The van der Waals surface area contributed by atoms with E-state index in [4.69, 9.17) is 26.8 Å². The Labute approximate surface area is 111 Å². The third kappa shape index (κ3) is 2.94. The average molecular weight is 264 g/mol. The predicted molar refractivity (Wildman–Crippen MR) is 72.4 cm³/mol. The van der Waals surface area contributed by atoms with Crippen molar-refractivity contribution in [1.29, 1.82) is 0 Å². The summed E-state index contributed by atoms with van der Waals surface area (Å²) >= 11 is 6.06. The maximum Gasteiger partial charge on any atom is 0.149 e. The molecule has 0 bridgehead atoms. The molecule has 2 N–H and O–H groups in total. The second-order valence-corrected chi connectivity index (χ2v) is 4.15. The molecule has 0 aromatic heterocycles. The van der Waals surface area contributed by atoms with E-state index in [0.29, 0.717) is 28.8 Å². The molecule has 0 radical (unpaired) electrons. The lowest BCUT2D eigenvalue weighted by atomic mass is 10.2. The van der Waals surface area contributed by atoms with E-state index in [2.05, 4.69) is 0 Å². The van der Waals surface area contributed by atoms with Gasteiger partial charge in [0.25, 0.3) is 0 Å². The molecule has 0 aliphatic heterocycles. The van der Waals surface area contributed by atoms with Crippen LogP contribution in [0.3, 0.4) is 0 Å². The van der Waals surface area contributed by atoms with Crippen LogP contribution in [0.2, 0.25) is 5.02 Å². The van der Waals surface area contributed by atoms with Gasteiger partial charge in [-0.2, -0.15) is 0 Å². The molecule has 0 saturated heterocycles. The highest BCUT2D eigenvalue weighted by molar-refractivity contribution is 6.32. The molecule has 2 rings (SSSR count). The zero-order chi connectivity index (χ0) is 13.0. The third-order valence-corrected chi connectivity index (χ3v) is 2.84. The van der Waals surface area contributed by atoms with E-state index >= 15 is 0 Å². The summed E-state index contributed by atoms with van der Waals surface area (Å²) in [5.41, 5.74) is 6.59. The van der Waals surface area contributed by atoms with E-state index in [1.54, 1.807) is 25.3 Å². The van der Waals surface area contributed by atoms with E-state index in [1.165, 1.54) is 0 Å². The van der Waals surface area contributed by atoms with Gasteiger partial charge in [-0.25, -0.2) is 0 Å². The molecule has 0 atom stereocenters. The second kappa shape index (κ2) is 5.76. The minimum absolute atomic E-state index is 0.514. The Morgan fingerprint density at radius 2 is 1.72 bits per heavy atom. The van der Waals surface area contributed by atoms with Crippen LogP contribution in [0.4, 0.5) is 0 Å². The van der Waals surface area contributed by atoms with Crippen LogP contribution in [0, 0.1) is 0 Å². The van der Waals surface area contributed by atoms with Gasteiger partial charge in [-0.3, -0.25) is 0 Å². The van der Waals surface area contributed by atoms with Crippen LogP contribution in [0.5, 0.6) is 17.2 Å². The summed E-state index contributed by atoms with van der Waals surface area (Å²) in [6.07, 6.45) is 0. The first-order valence-corrected chi connectivity index (χ1v) is 5.91. The highest BCUT2D eigenvalue weighted by Gasteiger charge is 2.05. The number of hydrogen-bond acceptors (Lipinski definition) is 3. The highest BCUT2D eigenvalue weighted by Crippen LogP contribution is 2.32. The summed E-state index contributed by atoms with van der Waals surface area (Å²) in [5.74, 6) is 1.98. The fourth-order valence-electron chi connectivity index (χ4n) is 1.51. The van der Waals surface area contributed by atoms with Crippen molar-refractivity contribution < 1.29 is 9.47 Å². The molecule has 0 aliphatic rings. The Hall–Kier alpha value is -1.71. The summed E-state index contributed by atoms with van der Waals surface area (Å²) in [5, 5.41) is 0.540. The largest absolute Gasteiger partial charge is 0.497 e. The van der Waals surface area contributed by atoms with Gasteiger partial charge in [-0.05, 0) is 29.8 Å². The smallest absolute Gasteiger partial charge is 0.149 e. The van der Waals surface area contributed by atoms with Crippen molar-refractivity contribution in [2.45, 2.75) is 6.54 Å². The Morgan fingerprint density at radius 3 is 2.33 bits per heavy atom. The molecule has 0 heterocycles. The van der Waals surface area contributed by atoms with Gasteiger partial charge in [0.15, 0.2) is 0 Å². The summed E-state index contributed by atoms with van der Waals surface area (Å²) in [6, 6.07) is 12.8. The second-order valence-electron chi connectivity index (χ2n) is 3.75. The van der Waals surface area contributed by atoms with Crippen LogP contribution < -0.4 is 15.2 Å². The first kappa shape index (κ1) is 12.7. The molecular formula is C14H14ClNO2. The van der Waals surface area contributed by atoms with Crippen molar-refractivity contribution >= 4 is 11.6 Å².